The van der Waals surface area contributed by atoms with Gasteiger partial charge in [0.1, 0.15) is 0 Å². The Labute approximate surface area is 130 Å². The van der Waals surface area contributed by atoms with Gasteiger partial charge in [-0.3, -0.25) is 4.79 Å². The molecule has 0 spiro atoms. The molecule has 1 N–H and O–H groups in total. The second kappa shape index (κ2) is 8.14. The molecule has 2 rings (SSSR count). The normalized spacial score (nSPS) is 11.3. The maximum Gasteiger partial charge on any atom is 0.309 e. The summed E-state index contributed by atoms with van der Waals surface area (Å²) in [6, 6.07) is 14.0. The number of nitrogens with zero attached hydrogens (tertiary/aromatic N) is 1. The van der Waals surface area contributed by atoms with E-state index in [2.05, 4.69) is 10.5 Å². The topological polar surface area (TPSA) is 41.5 Å². The first-order valence-electron chi connectivity index (χ1n) is 5.97. The molecule has 1 amide bonds. The maximum atomic E-state index is 11.6. The zero-order chi connectivity index (χ0) is 14.2. The molecule has 0 saturated carbocycles. The fourth-order valence-electron chi connectivity index (χ4n) is 1.41. The van der Waals surface area contributed by atoms with Gasteiger partial charge in [-0.05, 0) is 23.9 Å². The van der Waals surface area contributed by atoms with Crippen molar-refractivity contribution in [1.82, 2.24) is 5.43 Å². The van der Waals surface area contributed by atoms with Gasteiger partial charge in [0.15, 0.2) is 0 Å². The lowest BCUT2D eigenvalue weighted by Gasteiger charge is -2.01. The Kier molecular flexibility index (Phi) is 6.17. The molecule has 3 nitrogen and oxygen atoms in total. The summed E-state index contributed by atoms with van der Waals surface area (Å²) < 4.78 is 0. The van der Waals surface area contributed by atoms with Gasteiger partial charge in [0.25, 0.3) is 0 Å². The summed E-state index contributed by atoms with van der Waals surface area (Å²) in [5.41, 5.74) is 4.58. The molecule has 20 heavy (non-hydrogen) atoms. The van der Waals surface area contributed by atoms with Crippen LogP contribution in [0.15, 0.2) is 52.9 Å². The van der Waals surface area contributed by atoms with E-state index in [-0.39, 0.29) is 5.24 Å². The summed E-state index contributed by atoms with van der Waals surface area (Å²) in [7, 11) is 2.68. The number of benzene rings is 1. The predicted octanol–water partition coefficient (Wildman–Crippen LogP) is 4.76. The van der Waals surface area contributed by atoms with Gasteiger partial charge in [-0.25, -0.2) is 5.43 Å². The van der Waals surface area contributed by atoms with Crippen molar-refractivity contribution < 1.29 is 4.79 Å². The maximum absolute atomic E-state index is 11.6. The lowest BCUT2D eigenvalue weighted by atomic mass is 10.2. The molecule has 0 unspecified atom stereocenters. The highest BCUT2D eigenvalue weighted by atomic mass is 33.1. The van der Waals surface area contributed by atoms with Crippen molar-refractivity contribution in [3.8, 4) is 0 Å². The first-order chi connectivity index (χ1) is 9.75. The van der Waals surface area contributed by atoms with Gasteiger partial charge in [0.2, 0.25) is 0 Å². The molecular formula is C14H14N2OS3. The number of nitrogens with one attached hydrogen (secondary N) is 1. The van der Waals surface area contributed by atoms with Crippen LogP contribution in [-0.2, 0) is 5.75 Å². The number of hydrazone groups is 1. The largest absolute Gasteiger partial charge is 0.309 e. The molecule has 1 aromatic heterocycles. The van der Waals surface area contributed by atoms with E-state index in [9.17, 15) is 4.79 Å². The fourth-order valence-corrected chi connectivity index (χ4v) is 3.69. The Balaban J connectivity index is 1.72. The SMILES string of the molecule is C/C(=N\NC(=O)SSCc1ccccc1)c1cccs1. The van der Waals surface area contributed by atoms with Gasteiger partial charge < -0.3 is 0 Å². The summed E-state index contributed by atoms with van der Waals surface area (Å²) in [5.74, 6) is 0.798. The molecule has 0 saturated heterocycles. The third kappa shape index (κ3) is 5.03. The second-order valence-electron chi connectivity index (χ2n) is 3.90. The lowest BCUT2D eigenvalue weighted by Crippen LogP contribution is -2.12. The van der Waals surface area contributed by atoms with E-state index in [1.807, 2.05) is 54.8 Å². The summed E-state index contributed by atoms with van der Waals surface area (Å²) in [6.07, 6.45) is 0. The number of carbonyl (C=O) groups excluding carboxylic acids is 1. The third-order valence-corrected chi connectivity index (χ3v) is 5.35. The molecular weight excluding hydrogens is 308 g/mol. The van der Waals surface area contributed by atoms with Gasteiger partial charge in [-0.1, -0.05) is 47.2 Å². The van der Waals surface area contributed by atoms with E-state index in [1.54, 1.807) is 11.3 Å². The standard InChI is InChI=1S/C14H14N2OS3/c1-11(13-8-5-9-18-13)15-16-14(17)20-19-10-12-6-3-2-4-7-12/h2-9H,10H2,1H3,(H,16,17)/b15-11+. The number of amides is 1. The van der Waals surface area contributed by atoms with Crippen LogP contribution in [0.1, 0.15) is 17.4 Å². The van der Waals surface area contributed by atoms with Gasteiger partial charge >= 0.3 is 5.24 Å². The fraction of sp³-hybridized carbons (Fsp3) is 0.143. The highest BCUT2D eigenvalue weighted by Crippen LogP contribution is 2.26. The Morgan fingerprint density at radius 2 is 2.05 bits per heavy atom. The molecule has 2 aromatic rings. The van der Waals surface area contributed by atoms with Crippen LogP contribution in [0.25, 0.3) is 0 Å². The molecule has 0 aliphatic rings. The Hall–Kier alpha value is -1.24. The van der Waals surface area contributed by atoms with Crippen molar-refractivity contribution in [3.63, 3.8) is 0 Å². The summed E-state index contributed by atoms with van der Waals surface area (Å²) in [4.78, 5) is 12.7. The van der Waals surface area contributed by atoms with Crippen molar-refractivity contribution in [3.05, 3.63) is 58.3 Å². The van der Waals surface area contributed by atoms with Crippen molar-refractivity contribution in [2.45, 2.75) is 12.7 Å². The van der Waals surface area contributed by atoms with Crippen molar-refractivity contribution >= 4 is 43.9 Å². The highest BCUT2D eigenvalue weighted by molar-refractivity contribution is 8.81. The summed E-state index contributed by atoms with van der Waals surface area (Å²) >= 11 is 1.60. The zero-order valence-electron chi connectivity index (χ0n) is 10.9. The average Bonchev–Trinajstić information content (AvgIpc) is 3.00. The van der Waals surface area contributed by atoms with Gasteiger partial charge in [-0.15, -0.1) is 11.3 Å². The monoisotopic (exact) mass is 322 g/mol. The van der Waals surface area contributed by atoms with Crippen molar-refractivity contribution in [1.29, 1.82) is 0 Å². The van der Waals surface area contributed by atoms with Crippen LogP contribution in [0.5, 0.6) is 0 Å². The van der Waals surface area contributed by atoms with Crippen LogP contribution >= 0.6 is 32.9 Å². The molecule has 0 bridgehead atoms. The van der Waals surface area contributed by atoms with Crippen molar-refractivity contribution in [2.24, 2.45) is 5.10 Å². The van der Waals surface area contributed by atoms with E-state index in [4.69, 9.17) is 0 Å². The van der Waals surface area contributed by atoms with Crippen LogP contribution in [-0.4, -0.2) is 11.0 Å². The molecule has 6 heteroatoms. The quantitative estimate of drug-likeness (QED) is 0.490. The minimum atomic E-state index is -0.151. The minimum Gasteiger partial charge on any atom is -0.259 e. The van der Waals surface area contributed by atoms with Gasteiger partial charge in [0, 0.05) is 21.4 Å². The highest BCUT2D eigenvalue weighted by Gasteiger charge is 2.03. The number of carbonyl (C=O) groups is 1. The molecule has 0 aliphatic heterocycles. The first-order valence-corrected chi connectivity index (χ1v) is 9.17. The smallest absolute Gasteiger partial charge is 0.259 e. The van der Waals surface area contributed by atoms with E-state index < -0.39 is 0 Å². The van der Waals surface area contributed by atoms with E-state index in [0.29, 0.717) is 0 Å². The number of hydrogen-bond donors (Lipinski definition) is 1. The number of hydrogen-bond acceptors (Lipinski definition) is 5. The lowest BCUT2D eigenvalue weighted by molar-refractivity contribution is 0.261. The number of thiophene rings is 1. The molecule has 104 valence electrons. The van der Waals surface area contributed by atoms with Crippen molar-refractivity contribution in [2.75, 3.05) is 0 Å². The molecule has 0 atom stereocenters. The first kappa shape index (κ1) is 15.2. The van der Waals surface area contributed by atoms with Crippen LogP contribution in [0.2, 0.25) is 0 Å². The second-order valence-corrected chi connectivity index (χ2v) is 7.12. The van der Waals surface area contributed by atoms with Crippen LogP contribution in [0.4, 0.5) is 4.79 Å². The van der Waals surface area contributed by atoms with Gasteiger partial charge in [-0.2, -0.15) is 5.10 Å². The Bertz CT molecular complexity index is 567. The Morgan fingerprint density at radius 1 is 1.25 bits per heavy atom. The summed E-state index contributed by atoms with van der Waals surface area (Å²) in [5, 5.41) is 5.92. The van der Waals surface area contributed by atoms with E-state index in [1.165, 1.54) is 27.2 Å². The Morgan fingerprint density at radius 3 is 2.75 bits per heavy atom. The molecule has 0 aliphatic carbocycles. The van der Waals surface area contributed by atoms with Crippen LogP contribution < -0.4 is 5.43 Å². The minimum absolute atomic E-state index is 0.151. The summed E-state index contributed by atoms with van der Waals surface area (Å²) in [6.45, 7) is 1.88. The molecule has 0 fully saturated rings. The number of rotatable bonds is 5. The van der Waals surface area contributed by atoms with Crippen LogP contribution in [0.3, 0.4) is 0 Å². The third-order valence-electron chi connectivity index (χ3n) is 2.40. The van der Waals surface area contributed by atoms with E-state index >= 15 is 0 Å². The van der Waals surface area contributed by atoms with Crippen LogP contribution in [0, 0.1) is 0 Å². The predicted molar refractivity (Wildman–Crippen MR) is 90.4 cm³/mol. The van der Waals surface area contributed by atoms with E-state index in [0.717, 1.165) is 16.3 Å². The average molecular weight is 322 g/mol. The van der Waals surface area contributed by atoms with Gasteiger partial charge in [0.05, 0.1) is 5.71 Å². The zero-order valence-corrected chi connectivity index (χ0v) is 13.4. The molecule has 1 aromatic carbocycles. The molecule has 0 radical (unpaired) electrons. The molecule has 1 heterocycles.